The van der Waals surface area contributed by atoms with Crippen LogP contribution < -0.4 is 9.47 Å². The molecule has 1 amide bonds. The standard InChI is InChI=1S/C16H20N4O5/c1-23-12-4-3-10(7-13(12)24-2)15-14(9-21)25-6-5-20(15)16(22)11-8-17-19-18-11/h3-4,7-8,14-15,21H,5-6,9H2,1-2H3,(H,17,18,19)/t14-,15-/m0/s1. The number of ether oxygens (including phenoxy) is 3. The van der Waals surface area contributed by atoms with Crippen molar-refractivity contribution in [2.75, 3.05) is 34.0 Å². The monoisotopic (exact) mass is 348 g/mol. The second-order valence-corrected chi connectivity index (χ2v) is 5.50. The van der Waals surface area contributed by atoms with Gasteiger partial charge in [-0.1, -0.05) is 6.07 Å². The summed E-state index contributed by atoms with van der Waals surface area (Å²) in [6.45, 7) is 0.488. The molecule has 0 radical (unpaired) electrons. The Morgan fingerprint density at radius 1 is 1.40 bits per heavy atom. The van der Waals surface area contributed by atoms with Crippen LogP contribution in [0, 0.1) is 0 Å². The van der Waals surface area contributed by atoms with Crippen molar-refractivity contribution in [2.24, 2.45) is 0 Å². The number of aromatic amines is 1. The molecule has 1 aliphatic rings. The molecule has 0 aliphatic carbocycles. The van der Waals surface area contributed by atoms with Crippen LogP contribution in [0.25, 0.3) is 0 Å². The maximum atomic E-state index is 12.8. The predicted molar refractivity (Wildman–Crippen MR) is 86.5 cm³/mol. The fourth-order valence-electron chi connectivity index (χ4n) is 3.00. The number of nitrogens with zero attached hydrogens (tertiary/aromatic N) is 3. The Labute approximate surface area is 144 Å². The van der Waals surface area contributed by atoms with Crippen LogP contribution in [0.4, 0.5) is 0 Å². The van der Waals surface area contributed by atoms with Gasteiger partial charge in [0.15, 0.2) is 17.2 Å². The number of methoxy groups -OCH3 is 2. The summed E-state index contributed by atoms with van der Waals surface area (Å²) < 4.78 is 16.3. The van der Waals surface area contributed by atoms with Crippen molar-refractivity contribution in [3.05, 3.63) is 35.7 Å². The quantitative estimate of drug-likeness (QED) is 0.804. The maximum absolute atomic E-state index is 12.8. The van der Waals surface area contributed by atoms with E-state index in [-0.39, 0.29) is 18.2 Å². The van der Waals surface area contributed by atoms with Crippen molar-refractivity contribution in [1.82, 2.24) is 20.3 Å². The predicted octanol–water partition coefficient (Wildman–Crippen LogP) is 0.396. The molecule has 134 valence electrons. The number of hydrogen-bond acceptors (Lipinski definition) is 7. The highest BCUT2D eigenvalue weighted by atomic mass is 16.5. The molecule has 2 N–H and O–H groups in total. The number of carbonyl (C=O) groups excluding carboxylic acids is 1. The number of H-pyrrole nitrogens is 1. The van der Waals surface area contributed by atoms with E-state index in [0.29, 0.717) is 24.7 Å². The molecule has 2 aromatic rings. The third kappa shape index (κ3) is 3.28. The van der Waals surface area contributed by atoms with Crippen LogP contribution in [-0.2, 0) is 4.74 Å². The summed E-state index contributed by atoms with van der Waals surface area (Å²) >= 11 is 0. The Morgan fingerprint density at radius 2 is 2.20 bits per heavy atom. The fourth-order valence-corrected chi connectivity index (χ4v) is 3.00. The van der Waals surface area contributed by atoms with Crippen molar-refractivity contribution >= 4 is 5.91 Å². The van der Waals surface area contributed by atoms with Crippen molar-refractivity contribution in [3.63, 3.8) is 0 Å². The van der Waals surface area contributed by atoms with E-state index in [2.05, 4.69) is 15.4 Å². The zero-order valence-electron chi connectivity index (χ0n) is 14.0. The molecule has 1 aromatic carbocycles. The largest absolute Gasteiger partial charge is 0.493 e. The summed E-state index contributed by atoms with van der Waals surface area (Å²) in [4.78, 5) is 14.4. The van der Waals surface area contributed by atoms with Gasteiger partial charge in [0.1, 0.15) is 6.10 Å². The molecule has 0 saturated carbocycles. The second kappa shape index (κ2) is 7.49. The van der Waals surface area contributed by atoms with Gasteiger partial charge in [0.05, 0.1) is 39.7 Å². The lowest BCUT2D eigenvalue weighted by Gasteiger charge is -2.40. The van der Waals surface area contributed by atoms with Crippen LogP contribution in [0.3, 0.4) is 0 Å². The van der Waals surface area contributed by atoms with Crippen LogP contribution in [-0.4, -0.2) is 71.4 Å². The Morgan fingerprint density at radius 3 is 2.84 bits per heavy atom. The van der Waals surface area contributed by atoms with E-state index in [9.17, 15) is 9.90 Å². The van der Waals surface area contributed by atoms with Gasteiger partial charge in [-0.25, -0.2) is 0 Å². The van der Waals surface area contributed by atoms with E-state index in [4.69, 9.17) is 14.2 Å². The smallest absolute Gasteiger partial charge is 0.276 e. The number of hydrogen-bond donors (Lipinski definition) is 2. The topological polar surface area (TPSA) is 110 Å². The molecule has 1 aromatic heterocycles. The zero-order chi connectivity index (χ0) is 17.8. The molecule has 0 unspecified atom stereocenters. The molecule has 9 heteroatoms. The summed E-state index contributed by atoms with van der Waals surface area (Å²) in [5.41, 5.74) is 0.984. The Hall–Kier alpha value is -2.65. The minimum Gasteiger partial charge on any atom is -0.493 e. The molecule has 2 heterocycles. The van der Waals surface area contributed by atoms with E-state index in [1.165, 1.54) is 6.20 Å². The average molecular weight is 348 g/mol. The molecule has 1 aliphatic heterocycles. The first-order valence-electron chi connectivity index (χ1n) is 7.80. The van der Waals surface area contributed by atoms with Gasteiger partial charge in [0.2, 0.25) is 0 Å². The van der Waals surface area contributed by atoms with Crippen LogP contribution in [0.15, 0.2) is 24.4 Å². The van der Waals surface area contributed by atoms with Gasteiger partial charge in [-0.3, -0.25) is 4.79 Å². The van der Waals surface area contributed by atoms with Gasteiger partial charge in [-0.05, 0) is 17.7 Å². The third-order valence-electron chi connectivity index (χ3n) is 4.18. The Balaban J connectivity index is 1.99. The minimum atomic E-state index is -0.553. The molecule has 25 heavy (non-hydrogen) atoms. The number of aliphatic hydroxyl groups is 1. The highest BCUT2D eigenvalue weighted by molar-refractivity contribution is 5.92. The number of nitrogens with one attached hydrogen (secondary N) is 1. The molecular weight excluding hydrogens is 328 g/mol. The van der Waals surface area contributed by atoms with Gasteiger partial charge in [0.25, 0.3) is 5.91 Å². The van der Waals surface area contributed by atoms with Crippen molar-refractivity contribution in [1.29, 1.82) is 0 Å². The summed E-state index contributed by atoms with van der Waals surface area (Å²) in [5.74, 6) is 0.837. The minimum absolute atomic E-state index is 0.212. The van der Waals surface area contributed by atoms with Gasteiger partial charge in [-0.15, -0.1) is 0 Å². The van der Waals surface area contributed by atoms with E-state index in [0.717, 1.165) is 5.56 Å². The zero-order valence-corrected chi connectivity index (χ0v) is 14.0. The normalized spacial score (nSPS) is 20.4. The second-order valence-electron chi connectivity index (χ2n) is 5.50. The van der Waals surface area contributed by atoms with Crippen molar-refractivity contribution < 1.29 is 24.1 Å². The van der Waals surface area contributed by atoms with E-state index in [1.54, 1.807) is 31.3 Å². The molecule has 1 fully saturated rings. The summed E-state index contributed by atoms with van der Waals surface area (Å²) in [7, 11) is 3.10. The van der Waals surface area contributed by atoms with E-state index >= 15 is 0 Å². The lowest BCUT2D eigenvalue weighted by molar-refractivity contribution is -0.0813. The van der Waals surface area contributed by atoms with Crippen LogP contribution in [0.2, 0.25) is 0 Å². The molecule has 2 atom stereocenters. The van der Waals surface area contributed by atoms with E-state index < -0.39 is 12.1 Å². The third-order valence-corrected chi connectivity index (χ3v) is 4.18. The molecule has 1 saturated heterocycles. The van der Waals surface area contributed by atoms with Crippen molar-refractivity contribution in [3.8, 4) is 11.5 Å². The number of rotatable bonds is 5. The first kappa shape index (κ1) is 17.2. The highest BCUT2D eigenvalue weighted by Crippen LogP contribution is 2.36. The van der Waals surface area contributed by atoms with Gasteiger partial charge in [-0.2, -0.15) is 15.4 Å². The molecule has 9 nitrogen and oxygen atoms in total. The number of aliphatic hydroxyl groups excluding tert-OH is 1. The first-order valence-corrected chi connectivity index (χ1v) is 7.80. The number of amides is 1. The lowest BCUT2D eigenvalue weighted by Crippen LogP contribution is -2.49. The summed E-state index contributed by atoms with van der Waals surface area (Å²) in [5, 5.41) is 19.7. The molecular formula is C16H20N4O5. The number of morpholine rings is 1. The number of carbonyl (C=O) groups is 1. The number of aromatic nitrogens is 3. The van der Waals surface area contributed by atoms with Crippen LogP contribution in [0.1, 0.15) is 22.1 Å². The maximum Gasteiger partial charge on any atom is 0.276 e. The summed E-state index contributed by atoms with van der Waals surface area (Å²) in [6.07, 6.45) is 0.819. The number of benzene rings is 1. The Kier molecular flexibility index (Phi) is 5.15. The van der Waals surface area contributed by atoms with Gasteiger partial charge >= 0.3 is 0 Å². The molecule has 0 bridgehead atoms. The lowest BCUT2D eigenvalue weighted by atomic mass is 9.97. The molecule has 0 spiro atoms. The van der Waals surface area contributed by atoms with Crippen LogP contribution in [0.5, 0.6) is 11.5 Å². The fraction of sp³-hybridized carbons (Fsp3) is 0.438. The average Bonchev–Trinajstić information content (AvgIpc) is 3.20. The Bertz CT molecular complexity index is 721. The van der Waals surface area contributed by atoms with Crippen LogP contribution >= 0.6 is 0 Å². The van der Waals surface area contributed by atoms with E-state index in [1.807, 2.05) is 6.07 Å². The van der Waals surface area contributed by atoms with Gasteiger partial charge < -0.3 is 24.2 Å². The SMILES string of the molecule is COc1ccc([C@H]2[C@H](CO)OCCN2C(=O)c2cn[nH]n2)cc1OC. The van der Waals surface area contributed by atoms with Gasteiger partial charge in [0, 0.05) is 6.54 Å². The first-order chi connectivity index (χ1) is 12.2. The molecule has 3 rings (SSSR count). The van der Waals surface area contributed by atoms with Crippen molar-refractivity contribution in [2.45, 2.75) is 12.1 Å². The highest BCUT2D eigenvalue weighted by Gasteiger charge is 2.37. The summed E-state index contributed by atoms with van der Waals surface area (Å²) in [6, 6.07) is 4.88.